The van der Waals surface area contributed by atoms with Crippen molar-refractivity contribution in [2.75, 3.05) is 31.3 Å². The monoisotopic (exact) mass is 494 g/mol. The van der Waals surface area contributed by atoms with Gasteiger partial charge in [0.15, 0.2) is 17.6 Å². The number of amides is 2. The molecule has 9 heteroatoms. The summed E-state index contributed by atoms with van der Waals surface area (Å²) in [5, 5.41) is 2.11. The molecule has 5 rings (SSSR count). The predicted molar refractivity (Wildman–Crippen MR) is 130 cm³/mol. The Labute approximate surface area is 207 Å². The van der Waals surface area contributed by atoms with Crippen molar-refractivity contribution >= 4 is 34.8 Å². The van der Waals surface area contributed by atoms with Crippen LogP contribution in [-0.4, -0.2) is 39.2 Å². The summed E-state index contributed by atoms with van der Waals surface area (Å²) in [4.78, 5) is 34.6. The molecule has 3 aromatic carbocycles. The number of imide groups is 1. The Kier molecular flexibility index (Phi) is 6.00. The maximum atomic E-state index is 13.8. The maximum Gasteiger partial charge on any atom is 0.266 e. The first-order valence-electron chi connectivity index (χ1n) is 10.9. The van der Waals surface area contributed by atoms with Crippen molar-refractivity contribution in [2.24, 2.45) is 5.92 Å². The van der Waals surface area contributed by atoms with E-state index in [9.17, 15) is 9.59 Å². The third-order valence-corrected chi connectivity index (χ3v) is 6.52. The van der Waals surface area contributed by atoms with Crippen LogP contribution in [0.15, 0.2) is 66.7 Å². The third-order valence-electron chi connectivity index (χ3n) is 6.26. The average Bonchev–Trinajstić information content (AvgIpc) is 3.39. The Morgan fingerprint density at radius 1 is 0.771 bits per heavy atom. The summed E-state index contributed by atoms with van der Waals surface area (Å²) in [6.45, 7) is 0. The molecule has 3 atom stereocenters. The van der Waals surface area contributed by atoms with Gasteiger partial charge in [-0.2, -0.15) is 0 Å². The highest BCUT2D eigenvalue weighted by Crippen LogP contribution is 2.52. The lowest BCUT2D eigenvalue weighted by molar-refractivity contribution is -0.126. The molecule has 0 radical (unpaired) electrons. The number of nitrogens with zero attached hydrogens (tertiary/aromatic N) is 2. The quantitative estimate of drug-likeness (QED) is 0.469. The molecule has 0 unspecified atom stereocenters. The van der Waals surface area contributed by atoms with Crippen molar-refractivity contribution in [3.63, 3.8) is 0 Å². The van der Waals surface area contributed by atoms with Crippen LogP contribution in [0.1, 0.15) is 11.6 Å². The van der Waals surface area contributed by atoms with Gasteiger partial charge in [-0.25, -0.2) is 9.96 Å². The van der Waals surface area contributed by atoms with Crippen LogP contribution in [-0.2, 0) is 14.4 Å². The number of carbonyl (C=O) groups excluding carboxylic acids is 2. The lowest BCUT2D eigenvalue weighted by Crippen LogP contribution is -2.37. The number of rotatable bonds is 6. The third kappa shape index (κ3) is 3.66. The summed E-state index contributed by atoms with van der Waals surface area (Å²) < 4.78 is 16.7. The van der Waals surface area contributed by atoms with Gasteiger partial charge in [0.25, 0.3) is 5.91 Å². The number of hydroxylamine groups is 1. The summed E-state index contributed by atoms with van der Waals surface area (Å²) >= 11 is 6.01. The molecule has 2 aliphatic heterocycles. The van der Waals surface area contributed by atoms with E-state index >= 15 is 0 Å². The number of benzene rings is 3. The number of halogens is 1. The zero-order valence-electron chi connectivity index (χ0n) is 19.3. The van der Waals surface area contributed by atoms with Crippen molar-refractivity contribution < 1.29 is 28.6 Å². The maximum absolute atomic E-state index is 13.8. The fourth-order valence-electron chi connectivity index (χ4n) is 4.73. The second-order valence-corrected chi connectivity index (χ2v) is 8.51. The molecule has 0 saturated carbocycles. The zero-order chi connectivity index (χ0) is 24.7. The molecule has 180 valence electrons. The number of carbonyl (C=O) groups is 2. The van der Waals surface area contributed by atoms with Crippen LogP contribution in [0.25, 0.3) is 0 Å². The number of para-hydroxylation sites is 1. The van der Waals surface area contributed by atoms with E-state index in [1.807, 2.05) is 30.3 Å². The molecule has 2 aliphatic rings. The molecule has 35 heavy (non-hydrogen) atoms. The lowest BCUT2D eigenvalue weighted by Gasteiger charge is -2.30. The van der Waals surface area contributed by atoms with Crippen molar-refractivity contribution in [3.8, 4) is 17.2 Å². The normalized spacial score (nSPS) is 21.3. The highest BCUT2D eigenvalue weighted by molar-refractivity contribution is 6.31. The average molecular weight is 495 g/mol. The van der Waals surface area contributed by atoms with Gasteiger partial charge in [0.1, 0.15) is 12.0 Å². The smallest absolute Gasteiger partial charge is 0.266 e. The number of fused-ring (bicyclic) bond motifs is 1. The molecule has 0 spiro atoms. The fraction of sp³-hybridized carbons (Fsp3) is 0.231. The topological polar surface area (TPSA) is 77.5 Å². The Bertz CT molecular complexity index is 1270. The van der Waals surface area contributed by atoms with Gasteiger partial charge >= 0.3 is 0 Å². The zero-order valence-corrected chi connectivity index (χ0v) is 20.1. The minimum atomic E-state index is -1.01. The van der Waals surface area contributed by atoms with Gasteiger partial charge in [0.05, 0.1) is 32.7 Å². The van der Waals surface area contributed by atoms with Crippen molar-refractivity contribution in [1.29, 1.82) is 0 Å². The summed E-state index contributed by atoms with van der Waals surface area (Å²) in [6.07, 6.45) is -1.01. The van der Waals surface area contributed by atoms with E-state index in [4.69, 9.17) is 30.6 Å². The molecule has 2 saturated heterocycles. The lowest BCUT2D eigenvalue weighted by atomic mass is 9.89. The van der Waals surface area contributed by atoms with E-state index in [1.165, 1.54) is 21.3 Å². The van der Waals surface area contributed by atoms with E-state index in [-0.39, 0.29) is 5.91 Å². The molecule has 2 heterocycles. The first-order chi connectivity index (χ1) is 17.0. The second-order valence-electron chi connectivity index (χ2n) is 8.07. The number of hydrogen-bond acceptors (Lipinski definition) is 7. The minimum Gasteiger partial charge on any atom is -0.493 e. The van der Waals surface area contributed by atoms with Gasteiger partial charge in [-0.15, -0.1) is 0 Å². The molecular formula is C26H23ClN2O6. The minimum absolute atomic E-state index is 0.373. The molecule has 0 N–H and O–H groups in total. The van der Waals surface area contributed by atoms with Crippen LogP contribution in [0.3, 0.4) is 0 Å². The highest BCUT2D eigenvalue weighted by Gasteiger charge is 2.61. The van der Waals surface area contributed by atoms with Gasteiger partial charge in [-0.1, -0.05) is 29.8 Å². The van der Waals surface area contributed by atoms with E-state index in [2.05, 4.69) is 0 Å². The van der Waals surface area contributed by atoms with Gasteiger partial charge in [0, 0.05) is 10.6 Å². The molecule has 2 fully saturated rings. The highest BCUT2D eigenvalue weighted by atomic mass is 35.5. The Balaban J connectivity index is 1.65. The largest absolute Gasteiger partial charge is 0.493 e. The van der Waals surface area contributed by atoms with Crippen LogP contribution in [0.5, 0.6) is 17.2 Å². The molecule has 2 amide bonds. The molecule has 0 bridgehead atoms. The van der Waals surface area contributed by atoms with Gasteiger partial charge < -0.3 is 14.2 Å². The fourth-order valence-corrected chi connectivity index (χ4v) is 4.86. The van der Waals surface area contributed by atoms with Gasteiger partial charge in [-0.3, -0.25) is 14.4 Å². The number of anilines is 2. The predicted octanol–water partition coefficient (Wildman–Crippen LogP) is 4.42. The van der Waals surface area contributed by atoms with Crippen molar-refractivity contribution in [3.05, 3.63) is 77.3 Å². The van der Waals surface area contributed by atoms with E-state index < -0.39 is 24.0 Å². The molecule has 0 aliphatic carbocycles. The Morgan fingerprint density at radius 3 is 2.09 bits per heavy atom. The van der Waals surface area contributed by atoms with E-state index in [0.717, 1.165) is 4.90 Å². The summed E-state index contributed by atoms with van der Waals surface area (Å²) in [5.41, 5.74) is 1.76. The van der Waals surface area contributed by atoms with Crippen molar-refractivity contribution in [2.45, 2.75) is 12.1 Å². The number of methoxy groups -OCH3 is 3. The molecule has 0 aromatic heterocycles. The van der Waals surface area contributed by atoms with Crippen LogP contribution in [0.4, 0.5) is 11.4 Å². The summed E-state index contributed by atoms with van der Waals surface area (Å²) in [7, 11) is 4.56. The first kappa shape index (κ1) is 23.0. The SMILES string of the molecule is COc1ccc([C@@H]2[C@@H]3C(=O)N(c4ccc(Cl)cc4)C(=O)[C@H]3ON2c2ccccc2)c(OC)c1OC. The summed E-state index contributed by atoms with van der Waals surface area (Å²) in [5.74, 6) is -0.382. The molecular weight excluding hydrogens is 472 g/mol. The van der Waals surface area contributed by atoms with E-state index in [1.54, 1.807) is 41.5 Å². The number of hydrogen-bond donors (Lipinski definition) is 0. The van der Waals surface area contributed by atoms with Crippen LogP contribution < -0.4 is 24.2 Å². The van der Waals surface area contributed by atoms with Crippen LogP contribution >= 0.6 is 11.6 Å². The summed E-state index contributed by atoms with van der Waals surface area (Å²) in [6, 6.07) is 18.7. The molecule has 8 nitrogen and oxygen atoms in total. The van der Waals surface area contributed by atoms with Crippen molar-refractivity contribution in [1.82, 2.24) is 0 Å². The second kappa shape index (κ2) is 9.13. The first-order valence-corrected chi connectivity index (χ1v) is 11.3. The Morgan fingerprint density at radius 2 is 1.46 bits per heavy atom. The standard InChI is InChI=1S/C26H23ClN2O6/c1-32-19-14-13-18(22(33-2)23(19)34-3)21-20-24(35-29(21)17-7-5-4-6-8-17)26(31)28(25(20)30)16-11-9-15(27)10-12-16/h4-14,20-21,24H,1-3H3/t20-,21+,24-/m0/s1. The van der Waals surface area contributed by atoms with Gasteiger partial charge in [0.2, 0.25) is 11.7 Å². The van der Waals surface area contributed by atoms with Crippen LogP contribution in [0, 0.1) is 5.92 Å². The Hall–Kier alpha value is -3.75. The van der Waals surface area contributed by atoms with Gasteiger partial charge in [-0.05, 0) is 48.5 Å². The molecule has 3 aromatic rings. The van der Waals surface area contributed by atoms with E-state index in [0.29, 0.717) is 39.2 Å². The number of ether oxygens (including phenoxy) is 3. The van der Waals surface area contributed by atoms with Crippen LogP contribution in [0.2, 0.25) is 5.02 Å².